The van der Waals surface area contributed by atoms with E-state index in [-0.39, 0.29) is 5.70 Å². The summed E-state index contributed by atoms with van der Waals surface area (Å²) in [6.07, 6.45) is 6.06. The highest BCUT2D eigenvalue weighted by Crippen LogP contribution is 2.35. The largest absolute Gasteiger partial charge is 0.474 e. The van der Waals surface area contributed by atoms with Gasteiger partial charge >= 0.3 is 0 Å². The number of pyridine rings is 2. The van der Waals surface area contributed by atoms with Gasteiger partial charge in [0.05, 0.1) is 18.4 Å². The second-order valence-electron chi connectivity index (χ2n) is 7.08. The molecule has 8 heteroatoms. The Balaban J connectivity index is 1.62. The summed E-state index contributed by atoms with van der Waals surface area (Å²) in [6.45, 7) is 4.61. The number of rotatable bonds is 3. The summed E-state index contributed by atoms with van der Waals surface area (Å²) in [5, 5.41) is 8.88. The molecule has 0 spiro atoms. The Bertz CT molecular complexity index is 1040. The Hall–Kier alpha value is -3.73. The molecule has 0 aliphatic carbocycles. The molecule has 8 nitrogen and oxygen atoms in total. The lowest BCUT2D eigenvalue weighted by Crippen LogP contribution is -2.35. The summed E-state index contributed by atoms with van der Waals surface area (Å²) in [5.74, 6) is 1.27. The molecular formula is C21H23N7O. The molecule has 2 aliphatic rings. The van der Waals surface area contributed by atoms with Crippen molar-refractivity contribution in [1.29, 1.82) is 5.26 Å². The highest BCUT2D eigenvalue weighted by Gasteiger charge is 2.24. The van der Waals surface area contributed by atoms with Gasteiger partial charge in [0.2, 0.25) is 5.88 Å². The molecule has 0 fully saturated rings. The van der Waals surface area contributed by atoms with Crippen LogP contribution in [0.5, 0.6) is 5.88 Å². The van der Waals surface area contributed by atoms with Crippen molar-refractivity contribution in [2.75, 3.05) is 24.6 Å². The summed E-state index contributed by atoms with van der Waals surface area (Å²) in [4.78, 5) is 13.3. The summed E-state index contributed by atoms with van der Waals surface area (Å²) < 4.78 is 5.66. The quantitative estimate of drug-likeness (QED) is 0.604. The fourth-order valence-corrected chi connectivity index (χ4v) is 3.68. The molecule has 0 radical (unpaired) electrons. The van der Waals surface area contributed by atoms with Crippen molar-refractivity contribution in [3.8, 4) is 11.9 Å². The summed E-state index contributed by atoms with van der Waals surface area (Å²) in [6, 6.07) is 8.00. The van der Waals surface area contributed by atoms with Gasteiger partial charge in [-0.1, -0.05) is 0 Å². The molecule has 0 saturated carbocycles. The van der Waals surface area contributed by atoms with Crippen LogP contribution in [0.1, 0.15) is 18.2 Å². The minimum atomic E-state index is 0.145. The number of fused-ring (bicyclic) bond motifs is 2. The smallest absolute Gasteiger partial charge is 0.237 e. The molecular weight excluding hydrogens is 366 g/mol. The van der Waals surface area contributed by atoms with E-state index >= 15 is 0 Å². The van der Waals surface area contributed by atoms with E-state index < -0.39 is 0 Å². The van der Waals surface area contributed by atoms with Crippen molar-refractivity contribution in [3.63, 3.8) is 0 Å². The zero-order chi connectivity index (χ0) is 20.4. The van der Waals surface area contributed by atoms with Crippen molar-refractivity contribution in [2.24, 2.45) is 11.5 Å². The van der Waals surface area contributed by atoms with E-state index in [2.05, 4.69) is 20.9 Å². The molecule has 2 aromatic heterocycles. The third-order valence-corrected chi connectivity index (χ3v) is 5.18. The van der Waals surface area contributed by atoms with E-state index in [4.69, 9.17) is 26.5 Å². The van der Waals surface area contributed by atoms with E-state index in [0.29, 0.717) is 24.9 Å². The molecule has 0 amide bonds. The standard InChI is InChI=1S/C21H23N7O/c1-14(9-16(23)11-22)20(24)27-6-4-18-15(13-27)10-17(12-26-18)28-7-8-29-21-19(28)3-2-5-25-21/h2-3,5,9-10,12H,4,6-8,13,23-24H2,1H3/b16-9-,20-14+. The number of hydrogen-bond acceptors (Lipinski definition) is 8. The fraction of sp³-hybridized carbons (Fsp3) is 0.286. The molecule has 0 unspecified atom stereocenters. The van der Waals surface area contributed by atoms with Gasteiger partial charge in [-0.25, -0.2) is 4.98 Å². The molecule has 0 aromatic carbocycles. The average molecular weight is 389 g/mol. The van der Waals surface area contributed by atoms with Crippen LogP contribution in [-0.2, 0) is 13.0 Å². The van der Waals surface area contributed by atoms with Gasteiger partial charge in [-0.15, -0.1) is 0 Å². The van der Waals surface area contributed by atoms with E-state index in [0.717, 1.165) is 47.7 Å². The van der Waals surface area contributed by atoms with Gasteiger partial charge in [0, 0.05) is 31.4 Å². The van der Waals surface area contributed by atoms with Gasteiger partial charge in [-0.05, 0) is 42.3 Å². The summed E-state index contributed by atoms with van der Waals surface area (Å²) in [5.41, 5.74) is 17.1. The van der Waals surface area contributed by atoms with Crippen LogP contribution in [0.15, 0.2) is 53.8 Å². The van der Waals surface area contributed by atoms with Crippen molar-refractivity contribution in [3.05, 3.63) is 65.0 Å². The van der Waals surface area contributed by atoms with Crippen molar-refractivity contribution in [2.45, 2.75) is 19.9 Å². The molecule has 2 aliphatic heterocycles. The van der Waals surface area contributed by atoms with Crippen molar-refractivity contribution >= 4 is 11.4 Å². The number of hydrogen-bond donors (Lipinski definition) is 2. The molecule has 4 rings (SSSR count). The Morgan fingerprint density at radius 2 is 2.17 bits per heavy atom. The number of nitrogens with two attached hydrogens (primary N) is 2. The predicted molar refractivity (Wildman–Crippen MR) is 110 cm³/mol. The number of aromatic nitrogens is 2. The highest BCUT2D eigenvalue weighted by atomic mass is 16.5. The average Bonchev–Trinajstić information content (AvgIpc) is 2.77. The summed E-state index contributed by atoms with van der Waals surface area (Å²) in [7, 11) is 0. The Morgan fingerprint density at radius 1 is 1.31 bits per heavy atom. The van der Waals surface area contributed by atoms with E-state index in [1.165, 1.54) is 0 Å². The molecule has 0 atom stereocenters. The molecule has 4 N–H and O–H groups in total. The number of nitriles is 1. The SMILES string of the molecule is CC(/C=C(\N)C#N)=C(/N)N1CCc2ncc(N3CCOc4ncccc43)cc2C1. The summed E-state index contributed by atoms with van der Waals surface area (Å²) >= 11 is 0. The normalized spacial score (nSPS) is 16.9. The zero-order valence-electron chi connectivity index (χ0n) is 16.3. The highest BCUT2D eigenvalue weighted by molar-refractivity contribution is 5.68. The first-order valence-corrected chi connectivity index (χ1v) is 9.48. The Labute approximate surface area is 169 Å². The van der Waals surface area contributed by atoms with Gasteiger partial charge in [-0.3, -0.25) is 4.98 Å². The van der Waals surface area contributed by atoms with E-state index in [9.17, 15) is 0 Å². The van der Waals surface area contributed by atoms with Crippen molar-refractivity contribution < 1.29 is 4.74 Å². The van der Waals surface area contributed by atoms with Crippen LogP contribution in [0.3, 0.4) is 0 Å². The van der Waals surface area contributed by atoms with Crippen LogP contribution < -0.4 is 21.1 Å². The maximum absolute atomic E-state index is 8.88. The van der Waals surface area contributed by atoms with Crippen LogP contribution in [0.4, 0.5) is 11.4 Å². The van der Waals surface area contributed by atoms with Crippen LogP contribution >= 0.6 is 0 Å². The van der Waals surface area contributed by atoms with Gasteiger partial charge in [0.25, 0.3) is 0 Å². The molecule has 0 bridgehead atoms. The first-order valence-electron chi connectivity index (χ1n) is 9.48. The molecule has 29 heavy (non-hydrogen) atoms. The van der Waals surface area contributed by atoms with Crippen LogP contribution in [0.2, 0.25) is 0 Å². The van der Waals surface area contributed by atoms with E-state index in [1.807, 2.05) is 31.3 Å². The number of nitrogens with zero attached hydrogens (tertiary/aromatic N) is 5. The van der Waals surface area contributed by atoms with E-state index in [1.54, 1.807) is 12.3 Å². The van der Waals surface area contributed by atoms with Crippen LogP contribution in [0.25, 0.3) is 0 Å². The first-order chi connectivity index (χ1) is 14.1. The minimum Gasteiger partial charge on any atom is -0.474 e. The van der Waals surface area contributed by atoms with Crippen LogP contribution in [-0.4, -0.2) is 34.6 Å². The zero-order valence-corrected chi connectivity index (χ0v) is 16.3. The second-order valence-corrected chi connectivity index (χ2v) is 7.08. The maximum atomic E-state index is 8.88. The fourth-order valence-electron chi connectivity index (χ4n) is 3.68. The third kappa shape index (κ3) is 3.67. The first kappa shape index (κ1) is 18.6. The molecule has 2 aromatic rings. The lowest BCUT2D eigenvalue weighted by Gasteiger charge is -2.33. The topological polar surface area (TPSA) is 117 Å². The van der Waals surface area contributed by atoms with Gasteiger partial charge in [-0.2, -0.15) is 5.26 Å². The van der Waals surface area contributed by atoms with Gasteiger partial charge in [0.15, 0.2) is 0 Å². The van der Waals surface area contributed by atoms with Crippen LogP contribution in [0, 0.1) is 11.3 Å². The lowest BCUT2D eigenvalue weighted by molar-refractivity contribution is 0.301. The predicted octanol–water partition coefficient (Wildman–Crippen LogP) is 1.92. The number of allylic oxidation sites excluding steroid dienone is 3. The second kappa shape index (κ2) is 7.72. The molecule has 0 saturated heterocycles. The van der Waals surface area contributed by atoms with Gasteiger partial charge in [0.1, 0.15) is 29.9 Å². The monoisotopic (exact) mass is 389 g/mol. The minimum absolute atomic E-state index is 0.145. The maximum Gasteiger partial charge on any atom is 0.237 e. The third-order valence-electron chi connectivity index (χ3n) is 5.18. The Morgan fingerprint density at radius 3 is 3.00 bits per heavy atom. The number of ether oxygens (including phenoxy) is 1. The van der Waals surface area contributed by atoms with Gasteiger partial charge < -0.3 is 26.0 Å². The molecule has 4 heterocycles. The molecule has 148 valence electrons. The number of anilines is 2. The Kier molecular flexibility index (Phi) is 4.96. The van der Waals surface area contributed by atoms with Crippen molar-refractivity contribution in [1.82, 2.24) is 14.9 Å². The lowest BCUT2D eigenvalue weighted by atomic mass is 10.0.